The van der Waals surface area contributed by atoms with E-state index in [2.05, 4.69) is 25.9 Å². The second-order valence-corrected chi connectivity index (χ2v) is 7.32. The van der Waals surface area contributed by atoms with Gasteiger partial charge >= 0.3 is 0 Å². The van der Waals surface area contributed by atoms with Crippen molar-refractivity contribution in [3.63, 3.8) is 0 Å². The number of likely N-dealkylation sites (N-methyl/N-ethyl adjacent to an activating group) is 1. The first-order chi connectivity index (χ1) is 11.0. The summed E-state index contributed by atoms with van der Waals surface area (Å²) in [4.78, 5) is 30.5. The number of rotatable bonds is 7. The first-order valence-corrected chi connectivity index (χ1v) is 9.25. The van der Waals surface area contributed by atoms with Crippen molar-refractivity contribution in [2.24, 2.45) is 5.92 Å². The van der Waals surface area contributed by atoms with Crippen molar-refractivity contribution < 1.29 is 9.59 Å². The zero-order chi connectivity index (χ0) is 16.8. The van der Waals surface area contributed by atoms with E-state index in [1.54, 1.807) is 0 Å². The summed E-state index contributed by atoms with van der Waals surface area (Å²) in [6, 6.07) is 0.488. The van der Waals surface area contributed by atoms with Gasteiger partial charge in [0.2, 0.25) is 11.8 Å². The van der Waals surface area contributed by atoms with Gasteiger partial charge in [-0.2, -0.15) is 0 Å². The standard InChI is InChI=1S/C18H33N3O2/c1-4-8-15-13-21(14-16(15)19(2)3)18(23)10-7-12-20-11-6-5-9-17(20)22/h15-16H,4-14H2,1-3H3/t15-,16-/m1/s1. The number of likely N-dealkylation sites (tertiary alicyclic amines) is 2. The molecular formula is C18H33N3O2. The third-order valence-electron chi connectivity index (χ3n) is 5.32. The molecule has 0 aromatic rings. The minimum absolute atomic E-state index is 0.264. The summed E-state index contributed by atoms with van der Waals surface area (Å²) in [6.45, 7) is 5.59. The van der Waals surface area contributed by atoms with Gasteiger partial charge < -0.3 is 14.7 Å². The topological polar surface area (TPSA) is 43.9 Å². The summed E-state index contributed by atoms with van der Waals surface area (Å²) in [5.41, 5.74) is 0. The Bertz CT molecular complexity index is 411. The van der Waals surface area contributed by atoms with E-state index in [0.717, 1.165) is 45.4 Å². The van der Waals surface area contributed by atoms with Crippen LogP contribution in [-0.4, -0.2) is 72.8 Å². The molecule has 0 bridgehead atoms. The molecule has 132 valence electrons. The van der Waals surface area contributed by atoms with Gasteiger partial charge in [0.25, 0.3) is 0 Å². The van der Waals surface area contributed by atoms with Gasteiger partial charge in [-0.1, -0.05) is 13.3 Å². The summed E-state index contributed by atoms with van der Waals surface area (Å²) in [6.07, 6.45) is 6.54. The lowest BCUT2D eigenvalue weighted by atomic mass is 9.98. The van der Waals surface area contributed by atoms with Gasteiger partial charge in [-0.15, -0.1) is 0 Å². The monoisotopic (exact) mass is 323 g/mol. The van der Waals surface area contributed by atoms with E-state index in [0.29, 0.717) is 24.8 Å². The van der Waals surface area contributed by atoms with Crippen LogP contribution in [0.2, 0.25) is 0 Å². The Kier molecular flexibility index (Phi) is 6.88. The second-order valence-electron chi connectivity index (χ2n) is 7.32. The van der Waals surface area contributed by atoms with Crippen molar-refractivity contribution in [3.8, 4) is 0 Å². The molecule has 2 fully saturated rings. The van der Waals surface area contributed by atoms with E-state index >= 15 is 0 Å². The molecular weight excluding hydrogens is 290 g/mol. The number of nitrogens with zero attached hydrogens (tertiary/aromatic N) is 3. The van der Waals surface area contributed by atoms with Crippen LogP contribution in [0, 0.1) is 5.92 Å². The van der Waals surface area contributed by atoms with E-state index in [4.69, 9.17) is 0 Å². The molecule has 2 atom stereocenters. The molecule has 0 N–H and O–H groups in total. The van der Waals surface area contributed by atoms with Crippen LogP contribution >= 0.6 is 0 Å². The first kappa shape index (κ1) is 18.2. The largest absolute Gasteiger partial charge is 0.343 e. The average molecular weight is 323 g/mol. The maximum absolute atomic E-state index is 12.5. The third-order valence-corrected chi connectivity index (χ3v) is 5.32. The predicted octanol–water partition coefficient (Wildman–Crippen LogP) is 1.97. The highest BCUT2D eigenvalue weighted by atomic mass is 16.2. The molecule has 2 aliphatic heterocycles. The van der Waals surface area contributed by atoms with Crippen LogP contribution in [0.15, 0.2) is 0 Å². The fraction of sp³-hybridized carbons (Fsp3) is 0.889. The van der Waals surface area contributed by atoms with Crippen LogP contribution in [0.1, 0.15) is 51.9 Å². The fourth-order valence-electron chi connectivity index (χ4n) is 3.97. The minimum Gasteiger partial charge on any atom is -0.343 e. The van der Waals surface area contributed by atoms with Crippen molar-refractivity contribution in [3.05, 3.63) is 0 Å². The fourth-order valence-corrected chi connectivity index (χ4v) is 3.97. The highest BCUT2D eigenvalue weighted by Gasteiger charge is 2.35. The van der Waals surface area contributed by atoms with Crippen LogP contribution in [0.5, 0.6) is 0 Å². The zero-order valence-electron chi connectivity index (χ0n) is 15.1. The molecule has 2 aliphatic rings. The van der Waals surface area contributed by atoms with Crippen molar-refractivity contribution in [1.82, 2.24) is 14.7 Å². The lowest BCUT2D eigenvalue weighted by Crippen LogP contribution is -2.37. The quantitative estimate of drug-likeness (QED) is 0.719. The van der Waals surface area contributed by atoms with Crippen molar-refractivity contribution >= 4 is 11.8 Å². The Balaban J connectivity index is 1.76. The van der Waals surface area contributed by atoms with E-state index in [-0.39, 0.29) is 11.8 Å². The average Bonchev–Trinajstić information content (AvgIpc) is 2.94. The number of piperidine rings is 1. The SMILES string of the molecule is CCC[C@@H]1CN(C(=O)CCCN2CCCCC2=O)C[C@H]1N(C)C. The summed E-state index contributed by atoms with van der Waals surface area (Å²) < 4.78 is 0. The summed E-state index contributed by atoms with van der Waals surface area (Å²) in [5.74, 6) is 1.13. The summed E-state index contributed by atoms with van der Waals surface area (Å²) >= 11 is 0. The number of hydrogen-bond donors (Lipinski definition) is 0. The van der Waals surface area contributed by atoms with Crippen LogP contribution in [0.25, 0.3) is 0 Å². The molecule has 23 heavy (non-hydrogen) atoms. The Morgan fingerprint density at radius 1 is 1.26 bits per heavy atom. The number of hydrogen-bond acceptors (Lipinski definition) is 3. The molecule has 0 aromatic carbocycles. The number of carbonyl (C=O) groups excluding carboxylic acids is 2. The molecule has 2 rings (SSSR count). The van der Waals surface area contributed by atoms with Crippen LogP contribution < -0.4 is 0 Å². The Morgan fingerprint density at radius 3 is 2.70 bits per heavy atom. The highest BCUT2D eigenvalue weighted by Crippen LogP contribution is 2.25. The molecule has 0 unspecified atom stereocenters. The minimum atomic E-state index is 0.264. The normalized spacial score (nSPS) is 25.5. The maximum atomic E-state index is 12.5. The molecule has 2 heterocycles. The molecule has 0 aromatic heterocycles. The van der Waals surface area contributed by atoms with Crippen molar-refractivity contribution in [2.45, 2.75) is 57.9 Å². The number of carbonyl (C=O) groups is 2. The Labute approximate surface area is 141 Å². The molecule has 0 radical (unpaired) electrons. The Morgan fingerprint density at radius 2 is 2.04 bits per heavy atom. The summed E-state index contributed by atoms with van der Waals surface area (Å²) in [7, 11) is 4.23. The van der Waals surface area contributed by atoms with Gasteiger partial charge in [0, 0.05) is 45.1 Å². The lowest BCUT2D eigenvalue weighted by molar-refractivity contribution is -0.135. The third kappa shape index (κ3) is 4.93. The molecule has 5 heteroatoms. The molecule has 0 saturated carbocycles. The van der Waals surface area contributed by atoms with Gasteiger partial charge in [0.1, 0.15) is 0 Å². The number of amides is 2. The molecule has 5 nitrogen and oxygen atoms in total. The van der Waals surface area contributed by atoms with Crippen molar-refractivity contribution in [2.75, 3.05) is 40.3 Å². The molecule has 0 spiro atoms. The van der Waals surface area contributed by atoms with E-state index < -0.39 is 0 Å². The predicted molar refractivity (Wildman–Crippen MR) is 92.1 cm³/mol. The van der Waals surface area contributed by atoms with Gasteiger partial charge in [-0.3, -0.25) is 9.59 Å². The van der Waals surface area contributed by atoms with E-state index in [9.17, 15) is 9.59 Å². The smallest absolute Gasteiger partial charge is 0.222 e. The Hall–Kier alpha value is -1.10. The second kappa shape index (κ2) is 8.67. The van der Waals surface area contributed by atoms with Gasteiger partial charge in [-0.25, -0.2) is 0 Å². The first-order valence-electron chi connectivity index (χ1n) is 9.25. The van der Waals surface area contributed by atoms with Gasteiger partial charge in [-0.05, 0) is 45.7 Å². The van der Waals surface area contributed by atoms with E-state index in [1.807, 2.05) is 9.80 Å². The highest BCUT2D eigenvalue weighted by molar-refractivity contribution is 5.78. The lowest BCUT2D eigenvalue weighted by Gasteiger charge is -2.27. The zero-order valence-corrected chi connectivity index (χ0v) is 15.1. The van der Waals surface area contributed by atoms with Crippen LogP contribution in [-0.2, 0) is 9.59 Å². The molecule has 2 amide bonds. The maximum Gasteiger partial charge on any atom is 0.222 e. The van der Waals surface area contributed by atoms with Gasteiger partial charge in [0.05, 0.1) is 0 Å². The summed E-state index contributed by atoms with van der Waals surface area (Å²) in [5, 5.41) is 0. The molecule has 2 saturated heterocycles. The molecule has 0 aliphatic carbocycles. The van der Waals surface area contributed by atoms with E-state index in [1.165, 1.54) is 12.8 Å². The van der Waals surface area contributed by atoms with Crippen molar-refractivity contribution in [1.29, 1.82) is 0 Å². The van der Waals surface area contributed by atoms with Crippen LogP contribution in [0.4, 0.5) is 0 Å². The van der Waals surface area contributed by atoms with Gasteiger partial charge in [0.15, 0.2) is 0 Å². The van der Waals surface area contributed by atoms with Crippen LogP contribution in [0.3, 0.4) is 0 Å².